The molecule has 6 nitrogen and oxygen atoms in total. The van der Waals surface area contributed by atoms with Crippen LogP contribution < -0.4 is 5.32 Å². The van der Waals surface area contributed by atoms with Gasteiger partial charge in [0.2, 0.25) is 5.91 Å². The number of pyridine rings is 1. The highest BCUT2D eigenvalue weighted by molar-refractivity contribution is 5.94. The number of hydrogen-bond acceptors (Lipinski definition) is 3. The number of aryl methyl sites for hydroxylation is 1. The molecule has 1 N–H and O–H groups in total. The molecule has 148 valence electrons. The summed E-state index contributed by atoms with van der Waals surface area (Å²) >= 11 is 0. The Morgan fingerprint density at radius 1 is 1.11 bits per heavy atom. The van der Waals surface area contributed by atoms with Gasteiger partial charge in [0.25, 0.3) is 5.91 Å². The molecule has 0 bridgehead atoms. The third-order valence-corrected chi connectivity index (χ3v) is 4.61. The van der Waals surface area contributed by atoms with E-state index in [1.807, 2.05) is 40.6 Å². The molecule has 0 radical (unpaired) electrons. The lowest BCUT2D eigenvalue weighted by atomic mass is 10.1. The molecule has 0 aliphatic heterocycles. The molecule has 0 aromatic carbocycles. The van der Waals surface area contributed by atoms with Crippen molar-refractivity contribution >= 4 is 17.5 Å². The minimum Gasteiger partial charge on any atom is -0.351 e. The lowest BCUT2D eigenvalue weighted by Crippen LogP contribution is -2.32. The monoisotopic (exact) mass is 372 g/mol. The highest BCUT2D eigenvalue weighted by Crippen LogP contribution is 2.11. The van der Waals surface area contributed by atoms with Crippen molar-refractivity contribution in [2.75, 3.05) is 19.6 Å². The number of nitrogens with one attached hydrogen (secondary N) is 1. The van der Waals surface area contributed by atoms with E-state index in [0.29, 0.717) is 18.7 Å². The highest BCUT2D eigenvalue weighted by Gasteiger charge is 2.15. The predicted molar refractivity (Wildman–Crippen MR) is 108 cm³/mol. The Hall–Kier alpha value is -2.37. The van der Waals surface area contributed by atoms with Gasteiger partial charge in [-0.15, -0.1) is 0 Å². The van der Waals surface area contributed by atoms with E-state index < -0.39 is 0 Å². The van der Waals surface area contributed by atoms with Crippen LogP contribution in [-0.4, -0.2) is 45.7 Å². The van der Waals surface area contributed by atoms with Crippen LogP contribution in [0.5, 0.6) is 0 Å². The van der Waals surface area contributed by atoms with E-state index >= 15 is 0 Å². The van der Waals surface area contributed by atoms with E-state index in [-0.39, 0.29) is 11.8 Å². The van der Waals surface area contributed by atoms with E-state index in [4.69, 9.17) is 0 Å². The Bertz CT molecular complexity index is 748. The Labute approximate surface area is 162 Å². The van der Waals surface area contributed by atoms with E-state index in [2.05, 4.69) is 24.1 Å². The third-order valence-electron chi connectivity index (χ3n) is 4.61. The summed E-state index contributed by atoms with van der Waals surface area (Å²) < 4.78 is 1.82. The van der Waals surface area contributed by atoms with Crippen molar-refractivity contribution in [1.82, 2.24) is 19.6 Å². The molecule has 0 spiro atoms. The molecular formula is C21H32N4O2. The minimum absolute atomic E-state index is 0.0978. The first kappa shape index (κ1) is 20.9. The second-order valence-corrected chi connectivity index (χ2v) is 6.92. The maximum Gasteiger partial charge on any atom is 0.270 e. The number of rotatable bonds is 11. The second kappa shape index (κ2) is 10.7. The molecule has 2 aromatic rings. The van der Waals surface area contributed by atoms with Crippen LogP contribution in [0.2, 0.25) is 0 Å². The molecule has 2 aromatic heterocycles. The molecule has 27 heavy (non-hydrogen) atoms. The van der Waals surface area contributed by atoms with Crippen LogP contribution in [0.3, 0.4) is 0 Å². The molecule has 0 aliphatic carbocycles. The molecule has 0 fully saturated rings. The van der Waals surface area contributed by atoms with Crippen LogP contribution in [-0.2, 0) is 4.79 Å². The van der Waals surface area contributed by atoms with Gasteiger partial charge in [-0.05, 0) is 44.7 Å². The van der Waals surface area contributed by atoms with Crippen LogP contribution in [0.1, 0.15) is 68.6 Å². The van der Waals surface area contributed by atoms with Gasteiger partial charge >= 0.3 is 0 Å². The first-order valence-corrected chi connectivity index (χ1v) is 10.1. The number of nitrogens with zero attached hydrogens (tertiary/aromatic N) is 3. The van der Waals surface area contributed by atoms with Crippen molar-refractivity contribution in [2.24, 2.45) is 0 Å². The van der Waals surface area contributed by atoms with Crippen molar-refractivity contribution in [2.45, 2.75) is 59.3 Å². The summed E-state index contributed by atoms with van der Waals surface area (Å²) in [5.74, 6) is 0.156. The van der Waals surface area contributed by atoms with E-state index in [9.17, 15) is 9.59 Å². The summed E-state index contributed by atoms with van der Waals surface area (Å²) in [6, 6.07) is 5.69. The smallest absolute Gasteiger partial charge is 0.270 e. The highest BCUT2D eigenvalue weighted by atomic mass is 16.2. The Morgan fingerprint density at radius 2 is 1.85 bits per heavy atom. The molecule has 2 amide bonds. The maximum atomic E-state index is 12.5. The SMILES string of the molecule is CCCN(CCC)C(=O)CCCCCNC(=O)c1c(C)nc2ccccn12. The van der Waals surface area contributed by atoms with Crippen LogP contribution >= 0.6 is 0 Å². The zero-order chi connectivity index (χ0) is 19.6. The summed E-state index contributed by atoms with van der Waals surface area (Å²) in [4.78, 5) is 31.1. The Balaban J connectivity index is 1.71. The van der Waals surface area contributed by atoms with Crippen molar-refractivity contribution in [3.63, 3.8) is 0 Å². The van der Waals surface area contributed by atoms with E-state index in [1.165, 1.54) is 0 Å². The van der Waals surface area contributed by atoms with Crippen molar-refractivity contribution < 1.29 is 9.59 Å². The second-order valence-electron chi connectivity index (χ2n) is 6.92. The molecule has 0 saturated carbocycles. The zero-order valence-electron chi connectivity index (χ0n) is 16.8. The Kier molecular flexibility index (Phi) is 8.30. The van der Waals surface area contributed by atoms with Gasteiger partial charge in [-0.25, -0.2) is 4.98 Å². The van der Waals surface area contributed by atoms with Crippen LogP contribution in [0, 0.1) is 6.92 Å². The van der Waals surface area contributed by atoms with Gasteiger partial charge in [0.15, 0.2) is 0 Å². The standard InChI is InChI=1S/C21H32N4O2/c1-4-14-24(15-5-2)19(26)12-7-6-9-13-22-21(27)20-17(3)23-18-11-8-10-16-25(18)20/h8,10-11,16H,4-7,9,12-15H2,1-3H3,(H,22,27). The molecule has 0 unspecified atom stereocenters. The third kappa shape index (κ3) is 5.81. The lowest BCUT2D eigenvalue weighted by molar-refractivity contribution is -0.131. The van der Waals surface area contributed by atoms with Gasteiger partial charge in [-0.1, -0.05) is 26.3 Å². The number of imidazole rings is 1. The number of carbonyl (C=O) groups is 2. The van der Waals surface area contributed by atoms with Gasteiger partial charge in [-0.2, -0.15) is 0 Å². The number of unbranched alkanes of at least 4 members (excludes halogenated alkanes) is 2. The molecule has 2 heterocycles. The van der Waals surface area contributed by atoms with Gasteiger partial charge in [-0.3, -0.25) is 14.0 Å². The molecule has 2 rings (SSSR count). The average molecular weight is 373 g/mol. The van der Waals surface area contributed by atoms with Crippen molar-refractivity contribution in [1.29, 1.82) is 0 Å². The predicted octanol–water partition coefficient (Wildman–Crippen LogP) is 3.58. The summed E-state index contributed by atoms with van der Waals surface area (Å²) in [6.07, 6.45) is 7.13. The minimum atomic E-state index is -0.0978. The quantitative estimate of drug-likeness (QED) is 0.613. The molecular weight excluding hydrogens is 340 g/mol. The number of aromatic nitrogens is 2. The average Bonchev–Trinajstić information content (AvgIpc) is 2.99. The first-order valence-electron chi connectivity index (χ1n) is 10.1. The number of carbonyl (C=O) groups excluding carboxylic acids is 2. The zero-order valence-corrected chi connectivity index (χ0v) is 16.8. The summed E-state index contributed by atoms with van der Waals surface area (Å²) in [7, 11) is 0. The van der Waals surface area contributed by atoms with Gasteiger partial charge in [0.05, 0.1) is 5.69 Å². The maximum absolute atomic E-state index is 12.5. The van der Waals surface area contributed by atoms with Gasteiger partial charge in [0.1, 0.15) is 11.3 Å². The Morgan fingerprint density at radius 3 is 2.56 bits per heavy atom. The first-order chi connectivity index (χ1) is 13.1. The lowest BCUT2D eigenvalue weighted by Gasteiger charge is -2.21. The molecule has 0 atom stereocenters. The van der Waals surface area contributed by atoms with Crippen LogP contribution in [0.4, 0.5) is 0 Å². The number of amides is 2. The topological polar surface area (TPSA) is 66.7 Å². The van der Waals surface area contributed by atoms with Gasteiger partial charge in [0, 0.05) is 32.3 Å². The number of fused-ring (bicyclic) bond motifs is 1. The van der Waals surface area contributed by atoms with Crippen molar-refractivity contribution in [3.05, 3.63) is 35.8 Å². The van der Waals surface area contributed by atoms with E-state index in [1.54, 1.807) is 0 Å². The number of hydrogen-bond donors (Lipinski definition) is 1. The molecule has 6 heteroatoms. The van der Waals surface area contributed by atoms with E-state index in [0.717, 1.165) is 56.5 Å². The fourth-order valence-electron chi connectivity index (χ4n) is 3.31. The van der Waals surface area contributed by atoms with Gasteiger partial charge < -0.3 is 10.2 Å². The largest absolute Gasteiger partial charge is 0.351 e. The molecule has 0 saturated heterocycles. The summed E-state index contributed by atoms with van der Waals surface area (Å²) in [5.41, 5.74) is 2.11. The summed E-state index contributed by atoms with van der Waals surface area (Å²) in [5, 5.41) is 2.97. The summed E-state index contributed by atoms with van der Waals surface area (Å²) in [6.45, 7) is 8.36. The van der Waals surface area contributed by atoms with Crippen LogP contribution in [0.25, 0.3) is 5.65 Å². The fourth-order valence-corrected chi connectivity index (χ4v) is 3.31. The fraction of sp³-hybridized carbons (Fsp3) is 0.571. The molecule has 0 aliphatic rings. The van der Waals surface area contributed by atoms with Crippen LogP contribution in [0.15, 0.2) is 24.4 Å². The van der Waals surface area contributed by atoms with Crippen molar-refractivity contribution in [3.8, 4) is 0 Å². The normalized spacial score (nSPS) is 10.9.